The highest BCUT2D eigenvalue weighted by atomic mass is 32.2. The van der Waals surface area contributed by atoms with E-state index in [0.29, 0.717) is 31.8 Å². The average molecular weight is 409 g/mol. The van der Waals surface area contributed by atoms with Crippen LogP contribution in [-0.2, 0) is 22.0 Å². The van der Waals surface area contributed by atoms with Crippen molar-refractivity contribution >= 4 is 21.7 Å². The monoisotopic (exact) mass is 408 g/mol. The van der Waals surface area contributed by atoms with Gasteiger partial charge < -0.3 is 14.5 Å². The second-order valence-corrected chi connectivity index (χ2v) is 9.04. The lowest BCUT2D eigenvalue weighted by atomic mass is 9.73. The zero-order valence-electron chi connectivity index (χ0n) is 16.7. The predicted octanol–water partition coefficient (Wildman–Crippen LogP) is 4.43. The van der Waals surface area contributed by atoms with Crippen LogP contribution in [0.1, 0.15) is 36.5 Å². The van der Waals surface area contributed by atoms with Gasteiger partial charge in [-0.1, -0.05) is 31.2 Å². The van der Waals surface area contributed by atoms with Crippen molar-refractivity contribution in [3.8, 4) is 17.6 Å². The Kier molecular flexibility index (Phi) is 5.33. The molecule has 0 saturated heterocycles. The molecule has 1 N–H and O–H groups in total. The van der Waals surface area contributed by atoms with Gasteiger partial charge in [0.25, 0.3) is 0 Å². The van der Waals surface area contributed by atoms with Gasteiger partial charge in [-0.15, -0.1) is 0 Å². The fourth-order valence-electron chi connectivity index (χ4n) is 4.14. The van der Waals surface area contributed by atoms with Crippen LogP contribution in [0, 0.1) is 11.3 Å². The Bertz CT molecular complexity index is 1110. The smallest absolute Gasteiger partial charge is 0.161 e. The molecule has 0 spiro atoms. The Hall–Kier alpha value is -2.78. The number of benzene rings is 2. The first-order valence-electron chi connectivity index (χ1n) is 9.69. The summed E-state index contributed by atoms with van der Waals surface area (Å²) in [5.41, 5.74) is 3.89. The van der Waals surface area contributed by atoms with Crippen molar-refractivity contribution in [2.75, 3.05) is 19.5 Å². The van der Waals surface area contributed by atoms with Crippen molar-refractivity contribution < 1.29 is 13.7 Å². The van der Waals surface area contributed by atoms with Crippen LogP contribution in [0.2, 0.25) is 0 Å². The average Bonchev–Trinajstić information content (AvgIpc) is 3.17. The molecule has 5 nitrogen and oxygen atoms in total. The molecule has 1 aliphatic heterocycles. The standard InChI is InChI=1S/C23H24N2O3S/c1-23(9-4-10-24,17-7-8-20-21(13-17)28-12-11-27-20)19-14-25-22-16(15-29(2)26)5-3-6-18(19)22/h3,5-8,13-14,25H,4,9,11-12,15H2,1-2H3. The molecule has 6 heteroatoms. The number of para-hydroxylation sites is 1. The van der Waals surface area contributed by atoms with Gasteiger partial charge >= 0.3 is 0 Å². The van der Waals surface area contributed by atoms with Gasteiger partial charge in [0.15, 0.2) is 11.5 Å². The Morgan fingerprint density at radius 2 is 2.00 bits per heavy atom. The van der Waals surface area contributed by atoms with E-state index >= 15 is 0 Å². The minimum absolute atomic E-state index is 0.381. The van der Waals surface area contributed by atoms with Crippen molar-refractivity contribution in [2.45, 2.75) is 30.9 Å². The van der Waals surface area contributed by atoms with E-state index < -0.39 is 10.8 Å². The summed E-state index contributed by atoms with van der Waals surface area (Å²) in [6.45, 7) is 3.26. The summed E-state index contributed by atoms with van der Waals surface area (Å²) >= 11 is 0. The molecule has 2 atom stereocenters. The zero-order valence-corrected chi connectivity index (χ0v) is 17.5. The van der Waals surface area contributed by atoms with Crippen LogP contribution in [0.4, 0.5) is 0 Å². The van der Waals surface area contributed by atoms with Crippen molar-refractivity contribution in [3.05, 3.63) is 59.3 Å². The Morgan fingerprint density at radius 3 is 2.76 bits per heavy atom. The number of ether oxygens (including phenoxy) is 2. The number of aromatic amines is 1. The van der Waals surface area contributed by atoms with Crippen LogP contribution in [-0.4, -0.2) is 28.7 Å². The minimum atomic E-state index is -0.920. The Morgan fingerprint density at radius 1 is 1.21 bits per heavy atom. The molecule has 1 aliphatic rings. The third-order valence-electron chi connectivity index (χ3n) is 5.67. The summed E-state index contributed by atoms with van der Waals surface area (Å²) in [7, 11) is -0.920. The molecule has 0 radical (unpaired) electrons. The minimum Gasteiger partial charge on any atom is -0.486 e. The summed E-state index contributed by atoms with van der Waals surface area (Å²) in [5, 5.41) is 10.4. The number of hydrogen-bond donors (Lipinski definition) is 1. The topological polar surface area (TPSA) is 75.1 Å². The number of nitriles is 1. The molecule has 3 aromatic rings. The van der Waals surface area contributed by atoms with E-state index in [2.05, 4.69) is 30.1 Å². The Labute approximate surface area is 173 Å². The number of H-pyrrole nitrogens is 1. The van der Waals surface area contributed by atoms with Gasteiger partial charge in [0.1, 0.15) is 13.2 Å². The first-order chi connectivity index (χ1) is 14.0. The third-order valence-corrected chi connectivity index (χ3v) is 6.39. The molecule has 2 heterocycles. The first kappa shape index (κ1) is 19.5. The number of fused-ring (bicyclic) bond motifs is 2. The number of nitrogens with one attached hydrogen (secondary N) is 1. The fraction of sp³-hybridized carbons (Fsp3) is 0.348. The lowest BCUT2D eigenvalue weighted by Gasteiger charge is -2.31. The molecular weight excluding hydrogens is 384 g/mol. The summed E-state index contributed by atoms with van der Waals surface area (Å²) < 4.78 is 23.3. The zero-order chi connectivity index (χ0) is 20.4. The maximum absolute atomic E-state index is 11.8. The highest BCUT2D eigenvalue weighted by molar-refractivity contribution is 7.83. The van der Waals surface area contributed by atoms with Crippen LogP contribution in [0.3, 0.4) is 0 Å². The van der Waals surface area contributed by atoms with Gasteiger partial charge in [-0.2, -0.15) is 5.26 Å². The molecule has 0 bridgehead atoms. The molecule has 2 unspecified atom stereocenters. The quantitative estimate of drug-likeness (QED) is 0.655. The maximum Gasteiger partial charge on any atom is 0.161 e. The lowest BCUT2D eigenvalue weighted by molar-refractivity contribution is 0.171. The SMILES string of the molecule is CS(=O)Cc1cccc2c(C(C)(CCC#N)c3ccc4c(c3)OCCO4)c[nH]c12. The molecule has 0 aliphatic carbocycles. The number of nitrogens with zero attached hydrogens (tertiary/aromatic N) is 1. The van der Waals surface area contributed by atoms with Crippen LogP contribution in [0.25, 0.3) is 10.9 Å². The first-order valence-corrected chi connectivity index (χ1v) is 11.4. The van der Waals surface area contributed by atoms with E-state index in [1.807, 2.05) is 30.5 Å². The fourth-order valence-corrected chi connectivity index (χ4v) is 4.82. The second kappa shape index (κ2) is 7.92. The summed E-state index contributed by atoms with van der Waals surface area (Å²) in [4.78, 5) is 3.40. The molecule has 2 aromatic carbocycles. The molecule has 4 rings (SSSR count). The van der Waals surface area contributed by atoms with Gasteiger partial charge in [0.05, 0.1) is 11.8 Å². The van der Waals surface area contributed by atoms with Gasteiger partial charge in [-0.25, -0.2) is 0 Å². The molecule has 0 fully saturated rings. The number of hydrogen-bond acceptors (Lipinski definition) is 4. The van der Waals surface area contributed by atoms with Crippen molar-refractivity contribution in [2.24, 2.45) is 0 Å². The second-order valence-electron chi connectivity index (χ2n) is 7.61. The van der Waals surface area contributed by atoms with Gasteiger partial charge in [-0.05, 0) is 35.2 Å². The maximum atomic E-state index is 11.8. The molecule has 0 amide bonds. The number of aromatic nitrogens is 1. The van der Waals surface area contributed by atoms with E-state index in [1.54, 1.807) is 6.26 Å². The number of rotatable bonds is 6. The van der Waals surface area contributed by atoms with E-state index in [9.17, 15) is 9.47 Å². The largest absolute Gasteiger partial charge is 0.486 e. The highest BCUT2D eigenvalue weighted by Crippen LogP contribution is 2.43. The van der Waals surface area contributed by atoms with Crippen molar-refractivity contribution in [3.63, 3.8) is 0 Å². The molecular formula is C23H24N2O3S. The van der Waals surface area contributed by atoms with Crippen LogP contribution >= 0.6 is 0 Å². The molecule has 150 valence electrons. The van der Waals surface area contributed by atoms with Crippen molar-refractivity contribution in [1.82, 2.24) is 4.98 Å². The molecule has 1 aromatic heterocycles. The predicted molar refractivity (Wildman–Crippen MR) is 115 cm³/mol. The molecule has 0 saturated carbocycles. The van der Waals surface area contributed by atoms with Gasteiger partial charge in [0, 0.05) is 46.0 Å². The van der Waals surface area contributed by atoms with Gasteiger partial charge in [-0.3, -0.25) is 4.21 Å². The van der Waals surface area contributed by atoms with Crippen LogP contribution in [0.15, 0.2) is 42.6 Å². The van der Waals surface area contributed by atoms with Crippen LogP contribution < -0.4 is 9.47 Å². The van der Waals surface area contributed by atoms with Crippen molar-refractivity contribution in [1.29, 1.82) is 5.26 Å². The van der Waals surface area contributed by atoms with E-state index in [0.717, 1.165) is 39.1 Å². The lowest BCUT2D eigenvalue weighted by Crippen LogP contribution is -2.24. The highest BCUT2D eigenvalue weighted by Gasteiger charge is 2.32. The molecule has 29 heavy (non-hydrogen) atoms. The van der Waals surface area contributed by atoms with E-state index in [4.69, 9.17) is 9.47 Å². The summed E-state index contributed by atoms with van der Waals surface area (Å²) in [6.07, 6.45) is 4.87. The van der Waals surface area contributed by atoms with Crippen LogP contribution in [0.5, 0.6) is 11.5 Å². The third kappa shape index (κ3) is 3.63. The summed E-state index contributed by atoms with van der Waals surface area (Å²) in [5.74, 6) is 2.02. The van der Waals surface area contributed by atoms with E-state index in [1.165, 1.54) is 0 Å². The van der Waals surface area contributed by atoms with E-state index in [-0.39, 0.29) is 5.41 Å². The summed E-state index contributed by atoms with van der Waals surface area (Å²) in [6, 6.07) is 14.5. The Balaban J connectivity index is 1.85. The normalized spacial score (nSPS) is 16.2. The van der Waals surface area contributed by atoms with Gasteiger partial charge in [0.2, 0.25) is 0 Å².